The van der Waals surface area contributed by atoms with Crippen molar-refractivity contribution in [1.82, 2.24) is 10.3 Å². The van der Waals surface area contributed by atoms with Gasteiger partial charge in [-0.3, -0.25) is 0 Å². The minimum Gasteiger partial charge on any atom is -0.358 e. The third-order valence-electron chi connectivity index (χ3n) is 3.72. The molecule has 3 rings (SSSR count). The molecule has 1 unspecified atom stereocenters. The van der Waals surface area contributed by atoms with Crippen LogP contribution in [0.5, 0.6) is 0 Å². The number of hydrogen-bond donors (Lipinski definition) is 2. The molecule has 2 nitrogen and oxygen atoms in total. The van der Waals surface area contributed by atoms with Crippen LogP contribution in [0, 0.1) is 0 Å². The molecule has 1 heterocycles. The SMILES string of the molecule is CC(C)NC1CCc2[nH]c3cc(Cl)ccc3c2C1. The number of fused-ring (bicyclic) bond motifs is 3. The summed E-state index contributed by atoms with van der Waals surface area (Å²) in [4.78, 5) is 3.52. The summed E-state index contributed by atoms with van der Waals surface area (Å²) in [5, 5.41) is 5.79. The second-order valence-corrected chi connectivity index (χ2v) is 5.97. The number of benzene rings is 1. The van der Waals surface area contributed by atoms with Gasteiger partial charge in [-0.05, 0) is 37.0 Å². The third-order valence-corrected chi connectivity index (χ3v) is 3.95. The summed E-state index contributed by atoms with van der Waals surface area (Å²) in [5.41, 5.74) is 4.05. The zero-order valence-corrected chi connectivity index (χ0v) is 11.6. The van der Waals surface area contributed by atoms with Crippen LogP contribution in [0.25, 0.3) is 10.9 Å². The van der Waals surface area contributed by atoms with E-state index in [-0.39, 0.29) is 0 Å². The minimum absolute atomic E-state index is 0.552. The number of aryl methyl sites for hydroxylation is 1. The molecular weight excluding hydrogens is 244 g/mol. The highest BCUT2D eigenvalue weighted by Crippen LogP contribution is 2.30. The predicted molar refractivity (Wildman–Crippen MR) is 77.4 cm³/mol. The van der Waals surface area contributed by atoms with Crippen molar-refractivity contribution in [1.29, 1.82) is 0 Å². The molecule has 2 aromatic rings. The zero-order valence-electron chi connectivity index (χ0n) is 10.9. The summed E-state index contributed by atoms with van der Waals surface area (Å²) >= 11 is 6.05. The second-order valence-electron chi connectivity index (χ2n) is 5.53. The maximum absolute atomic E-state index is 6.05. The molecule has 96 valence electrons. The van der Waals surface area contributed by atoms with Crippen molar-refractivity contribution in [3.8, 4) is 0 Å². The first-order valence-electron chi connectivity index (χ1n) is 6.68. The molecule has 2 N–H and O–H groups in total. The Balaban J connectivity index is 1.96. The van der Waals surface area contributed by atoms with Crippen molar-refractivity contribution < 1.29 is 0 Å². The smallest absolute Gasteiger partial charge is 0.0473 e. The lowest BCUT2D eigenvalue weighted by Crippen LogP contribution is -2.38. The van der Waals surface area contributed by atoms with Gasteiger partial charge < -0.3 is 10.3 Å². The van der Waals surface area contributed by atoms with Gasteiger partial charge in [0.05, 0.1) is 0 Å². The average molecular weight is 263 g/mol. The van der Waals surface area contributed by atoms with Crippen LogP contribution in [0.2, 0.25) is 5.02 Å². The zero-order chi connectivity index (χ0) is 12.7. The van der Waals surface area contributed by atoms with E-state index in [1.807, 2.05) is 12.1 Å². The summed E-state index contributed by atoms with van der Waals surface area (Å²) in [6.07, 6.45) is 3.47. The highest BCUT2D eigenvalue weighted by atomic mass is 35.5. The van der Waals surface area contributed by atoms with Gasteiger partial charge in [0.1, 0.15) is 0 Å². The van der Waals surface area contributed by atoms with E-state index in [0.717, 1.165) is 17.9 Å². The molecule has 1 aromatic carbocycles. The highest BCUT2D eigenvalue weighted by Gasteiger charge is 2.22. The molecule has 0 amide bonds. The van der Waals surface area contributed by atoms with Crippen LogP contribution >= 0.6 is 11.6 Å². The Morgan fingerprint density at radius 2 is 2.22 bits per heavy atom. The summed E-state index contributed by atoms with van der Waals surface area (Å²) in [6, 6.07) is 7.31. The van der Waals surface area contributed by atoms with Crippen LogP contribution in [0.1, 0.15) is 31.5 Å². The van der Waals surface area contributed by atoms with E-state index in [9.17, 15) is 0 Å². The summed E-state index contributed by atoms with van der Waals surface area (Å²) in [6.45, 7) is 4.43. The third kappa shape index (κ3) is 2.15. The molecule has 0 fully saturated rings. The van der Waals surface area contributed by atoms with Gasteiger partial charge in [0.25, 0.3) is 0 Å². The van der Waals surface area contributed by atoms with Crippen LogP contribution in [-0.4, -0.2) is 17.1 Å². The quantitative estimate of drug-likeness (QED) is 0.849. The normalized spacial score (nSPS) is 19.4. The highest BCUT2D eigenvalue weighted by molar-refractivity contribution is 6.31. The standard InChI is InChI=1S/C15H19ClN2/c1-9(2)17-11-4-6-14-13(8-11)12-5-3-10(16)7-15(12)18-14/h3,5,7,9,11,17-18H,4,6,8H2,1-2H3. The van der Waals surface area contributed by atoms with Gasteiger partial charge >= 0.3 is 0 Å². The summed E-state index contributed by atoms with van der Waals surface area (Å²) < 4.78 is 0. The number of aromatic nitrogens is 1. The molecule has 0 spiro atoms. The maximum atomic E-state index is 6.05. The summed E-state index contributed by atoms with van der Waals surface area (Å²) in [7, 11) is 0. The lowest BCUT2D eigenvalue weighted by atomic mass is 9.91. The van der Waals surface area contributed by atoms with Gasteiger partial charge in [-0.25, -0.2) is 0 Å². The molecule has 0 saturated heterocycles. The lowest BCUT2D eigenvalue weighted by molar-refractivity contribution is 0.421. The molecule has 0 aliphatic heterocycles. The molecule has 0 radical (unpaired) electrons. The molecule has 1 atom stereocenters. The first-order chi connectivity index (χ1) is 8.63. The van der Waals surface area contributed by atoms with Crippen molar-refractivity contribution in [2.45, 2.75) is 45.2 Å². The first-order valence-corrected chi connectivity index (χ1v) is 7.06. The Morgan fingerprint density at radius 1 is 1.39 bits per heavy atom. The van der Waals surface area contributed by atoms with Crippen LogP contribution in [0.3, 0.4) is 0 Å². The minimum atomic E-state index is 0.552. The van der Waals surface area contributed by atoms with Crippen molar-refractivity contribution >= 4 is 22.5 Å². The molecular formula is C15H19ClN2. The van der Waals surface area contributed by atoms with Gasteiger partial charge in [-0.2, -0.15) is 0 Å². The molecule has 1 aromatic heterocycles. The van der Waals surface area contributed by atoms with Crippen LogP contribution in [-0.2, 0) is 12.8 Å². The fourth-order valence-electron chi connectivity index (χ4n) is 3.01. The number of aromatic amines is 1. The topological polar surface area (TPSA) is 27.8 Å². The maximum Gasteiger partial charge on any atom is 0.0473 e. The Bertz CT molecular complexity index is 571. The van der Waals surface area contributed by atoms with Crippen LogP contribution < -0.4 is 5.32 Å². The molecule has 0 saturated carbocycles. The summed E-state index contributed by atoms with van der Waals surface area (Å²) in [5.74, 6) is 0. The Labute approximate surface area is 113 Å². The van der Waals surface area contributed by atoms with Gasteiger partial charge in [0, 0.05) is 33.7 Å². The molecule has 1 aliphatic carbocycles. The average Bonchev–Trinajstić information content (AvgIpc) is 2.65. The van der Waals surface area contributed by atoms with Crippen LogP contribution in [0.4, 0.5) is 0 Å². The van der Waals surface area contributed by atoms with Crippen molar-refractivity contribution in [2.24, 2.45) is 0 Å². The first kappa shape index (κ1) is 12.1. The number of H-pyrrole nitrogens is 1. The monoisotopic (exact) mass is 262 g/mol. The van der Waals surface area contributed by atoms with Gasteiger partial charge in [0.15, 0.2) is 0 Å². The Kier molecular flexibility index (Phi) is 3.08. The van der Waals surface area contributed by atoms with Crippen LogP contribution in [0.15, 0.2) is 18.2 Å². The largest absolute Gasteiger partial charge is 0.358 e. The Morgan fingerprint density at radius 3 is 3.00 bits per heavy atom. The molecule has 1 aliphatic rings. The number of halogens is 1. The number of rotatable bonds is 2. The predicted octanol–water partition coefficient (Wildman–Crippen LogP) is 3.68. The van der Waals surface area contributed by atoms with E-state index in [2.05, 4.69) is 30.2 Å². The fraction of sp³-hybridized carbons (Fsp3) is 0.467. The van der Waals surface area contributed by atoms with E-state index in [4.69, 9.17) is 11.6 Å². The van der Waals surface area contributed by atoms with Crippen molar-refractivity contribution in [3.63, 3.8) is 0 Å². The molecule has 0 bridgehead atoms. The van der Waals surface area contributed by atoms with E-state index >= 15 is 0 Å². The lowest BCUT2D eigenvalue weighted by Gasteiger charge is -2.25. The Hall–Kier alpha value is -0.990. The van der Waals surface area contributed by atoms with Crippen molar-refractivity contribution in [3.05, 3.63) is 34.5 Å². The van der Waals surface area contributed by atoms with Gasteiger partial charge in [-0.1, -0.05) is 31.5 Å². The second kappa shape index (κ2) is 4.60. The van der Waals surface area contributed by atoms with E-state index < -0.39 is 0 Å². The fourth-order valence-corrected chi connectivity index (χ4v) is 3.18. The molecule has 3 heteroatoms. The van der Waals surface area contributed by atoms with Gasteiger partial charge in [0.2, 0.25) is 0 Å². The number of hydrogen-bond acceptors (Lipinski definition) is 1. The van der Waals surface area contributed by atoms with Crippen molar-refractivity contribution in [2.75, 3.05) is 0 Å². The van der Waals surface area contributed by atoms with E-state index in [1.165, 1.54) is 28.6 Å². The van der Waals surface area contributed by atoms with Gasteiger partial charge in [-0.15, -0.1) is 0 Å². The number of nitrogens with one attached hydrogen (secondary N) is 2. The van der Waals surface area contributed by atoms with E-state index in [1.54, 1.807) is 0 Å². The van der Waals surface area contributed by atoms with E-state index in [0.29, 0.717) is 12.1 Å². The molecule has 18 heavy (non-hydrogen) atoms.